The molecule has 1 aromatic carbocycles. The van der Waals surface area contributed by atoms with Crippen LogP contribution in [-0.2, 0) is 14.6 Å². The van der Waals surface area contributed by atoms with Crippen molar-refractivity contribution in [2.75, 3.05) is 26.2 Å². The first kappa shape index (κ1) is 25.8. The van der Waals surface area contributed by atoms with Gasteiger partial charge in [-0.25, -0.2) is 8.42 Å². The van der Waals surface area contributed by atoms with Gasteiger partial charge in [0.2, 0.25) is 0 Å². The van der Waals surface area contributed by atoms with Crippen molar-refractivity contribution in [3.63, 3.8) is 0 Å². The second-order valence-electron chi connectivity index (χ2n) is 8.34. The van der Waals surface area contributed by atoms with Crippen molar-refractivity contribution in [2.45, 2.75) is 61.2 Å². The summed E-state index contributed by atoms with van der Waals surface area (Å²) in [6.07, 6.45) is 2.00. The Kier molecular flexibility index (Phi) is 9.47. The molecule has 11 heteroatoms. The van der Waals surface area contributed by atoms with E-state index in [0.717, 1.165) is 5.56 Å². The van der Waals surface area contributed by atoms with Crippen molar-refractivity contribution in [3.8, 4) is 0 Å². The number of rotatable bonds is 12. The molecule has 1 heterocycles. The molecule has 31 heavy (non-hydrogen) atoms. The fraction of sp³-hybridized carbons (Fsp3) is 0.650. The second-order valence-corrected chi connectivity index (χ2v) is 10.4. The van der Waals surface area contributed by atoms with E-state index in [-0.39, 0.29) is 24.1 Å². The van der Waals surface area contributed by atoms with Gasteiger partial charge in [0.05, 0.1) is 4.90 Å². The molecule has 0 aliphatic carbocycles. The van der Waals surface area contributed by atoms with Gasteiger partial charge in [-0.3, -0.25) is 9.69 Å². The molecular formula is C20H34BN3O6S. The third-order valence-electron chi connectivity index (χ3n) is 5.84. The Morgan fingerprint density at radius 3 is 2.48 bits per heavy atom. The molecule has 0 amide bonds. The van der Waals surface area contributed by atoms with Gasteiger partial charge < -0.3 is 26.2 Å². The predicted molar refractivity (Wildman–Crippen MR) is 119 cm³/mol. The number of benzene rings is 1. The van der Waals surface area contributed by atoms with Crippen LogP contribution in [0.2, 0.25) is 6.32 Å². The maximum absolute atomic E-state index is 13.2. The topological polar surface area (TPSA) is 153 Å². The number of piperazine rings is 1. The molecule has 2 rings (SSSR count). The monoisotopic (exact) mass is 455 g/mol. The van der Waals surface area contributed by atoms with E-state index in [1.165, 1.54) is 0 Å². The summed E-state index contributed by atoms with van der Waals surface area (Å²) in [6.45, 7) is 3.86. The lowest BCUT2D eigenvalue weighted by Gasteiger charge is -2.36. The average Bonchev–Trinajstić information content (AvgIpc) is 2.71. The van der Waals surface area contributed by atoms with Gasteiger partial charge in [-0.05, 0) is 51.2 Å². The van der Waals surface area contributed by atoms with Crippen LogP contribution in [0.1, 0.15) is 37.7 Å². The number of hydrogen-bond acceptors (Lipinski definition) is 8. The highest BCUT2D eigenvalue weighted by Crippen LogP contribution is 2.23. The third-order valence-corrected chi connectivity index (χ3v) is 7.95. The molecule has 1 fully saturated rings. The first-order chi connectivity index (χ1) is 14.6. The number of nitrogens with zero attached hydrogens (tertiary/aromatic N) is 1. The Labute approximate surface area is 184 Å². The molecule has 174 valence electrons. The zero-order valence-electron chi connectivity index (χ0n) is 18.0. The van der Waals surface area contributed by atoms with E-state index in [1.54, 1.807) is 24.3 Å². The Balaban J connectivity index is 1.99. The maximum Gasteiger partial charge on any atom is 0.451 e. The summed E-state index contributed by atoms with van der Waals surface area (Å²) in [6, 6.07) is 6.80. The normalized spacial score (nSPS) is 19.7. The Morgan fingerprint density at radius 1 is 1.23 bits per heavy atom. The number of nitrogens with two attached hydrogens (primary N) is 1. The van der Waals surface area contributed by atoms with Crippen molar-refractivity contribution < 1.29 is 28.4 Å². The molecule has 6 N–H and O–H groups in total. The van der Waals surface area contributed by atoms with E-state index in [4.69, 9.17) is 15.8 Å². The lowest BCUT2D eigenvalue weighted by atomic mass is 9.81. The summed E-state index contributed by atoms with van der Waals surface area (Å²) < 4.78 is 26.3. The molecular weight excluding hydrogens is 421 g/mol. The Morgan fingerprint density at radius 2 is 1.87 bits per heavy atom. The standard InChI is InChI=1S/C20H34BN3O6S/c1-16-5-7-17(8-6-16)31(29,30)18-15-23-12-14-24(18)13-4-10-20(22,19(25)26)9-2-3-11-21(27)28/h5-8,18,23,27-28H,2-4,9-15,22H2,1H3,(H,25,26). The predicted octanol–water partition coefficient (Wildman–Crippen LogP) is 0.205. The van der Waals surface area contributed by atoms with E-state index in [0.29, 0.717) is 45.4 Å². The number of unbranched alkanes of at least 4 members (excludes halogenated alkanes) is 1. The summed E-state index contributed by atoms with van der Waals surface area (Å²) in [4.78, 5) is 13.9. The van der Waals surface area contributed by atoms with Crippen LogP contribution in [0.4, 0.5) is 0 Å². The number of hydrogen-bond donors (Lipinski definition) is 5. The summed E-state index contributed by atoms with van der Waals surface area (Å²) in [5.41, 5.74) is 5.69. The highest BCUT2D eigenvalue weighted by molar-refractivity contribution is 7.92. The number of nitrogens with one attached hydrogen (secondary N) is 1. The lowest BCUT2D eigenvalue weighted by molar-refractivity contribution is -0.144. The minimum Gasteiger partial charge on any atom is -0.480 e. The van der Waals surface area contributed by atoms with Crippen molar-refractivity contribution in [1.82, 2.24) is 10.2 Å². The van der Waals surface area contributed by atoms with Crippen LogP contribution >= 0.6 is 0 Å². The number of carboxylic acids is 1. The highest BCUT2D eigenvalue weighted by Gasteiger charge is 2.36. The van der Waals surface area contributed by atoms with E-state index in [2.05, 4.69) is 5.32 Å². The molecule has 1 aliphatic heterocycles. The number of aryl methyl sites for hydroxylation is 1. The van der Waals surface area contributed by atoms with Crippen LogP contribution < -0.4 is 11.1 Å². The van der Waals surface area contributed by atoms with Gasteiger partial charge in [0, 0.05) is 19.6 Å². The zero-order valence-corrected chi connectivity index (χ0v) is 18.9. The summed E-state index contributed by atoms with van der Waals surface area (Å²) in [5.74, 6) is -1.10. The smallest absolute Gasteiger partial charge is 0.451 e. The van der Waals surface area contributed by atoms with Crippen LogP contribution in [0.5, 0.6) is 0 Å². The molecule has 1 saturated heterocycles. The molecule has 0 bridgehead atoms. The molecule has 1 aliphatic rings. The van der Waals surface area contributed by atoms with Crippen LogP contribution in [0, 0.1) is 6.92 Å². The molecule has 9 nitrogen and oxygen atoms in total. The van der Waals surface area contributed by atoms with Gasteiger partial charge in [0.25, 0.3) is 0 Å². The number of carboxylic acid groups (broad SMARTS) is 1. The molecule has 0 radical (unpaired) electrons. The highest BCUT2D eigenvalue weighted by atomic mass is 32.2. The number of carbonyl (C=O) groups is 1. The number of aliphatic carboxylic acids is 1. The molecule has 2 unspecified atom stereocenters. The van der Waals surface area contributed by atoms with E-state index in [1.807, 2.05) is 11.8 Å². The maximum atomic E-state index is 13.2. The van der Waals surface area contributed by atoms with Crippen LogP contribution in [-0.4, -0.2) is 78.7 Å². The van der Waals surface area contributed by atoms with Crippen LogP contribution in [0.25, 0.3) is 0 Å². The van der Waals surface area contributed by atoms with Crippen LogP contribution in [0.3, 0.4) is 0 Å². The third kappa shape index (κ3) is 7.26. The van der Waals surface area contributed by atoms with E-state index >= 15 is 0 Å². The first-order valence-corrected chi connectivity index (χ1v) is 12.2. The second kappa shape index (κ2) is 11.4. The minimum atomic E-state index is -3.57. The quantitative estimate of drug-likeness (QED) is 0.220. The van der Waals surface area contributed by atoms with Gasteiger partial charge in [0.1, 0.15) is 10.9 Å². The summed E-state index contributed by atoms with van der Waals surface area (Å²) in [7, 11) is -4.97. The van der Waals surface area contributed by atoms with Gasteiger partial charge in [-0.15, -0.1) is 0 Å². The van der Waals surface area contributed by atoms with Crippen LogP contribution in [0.15, 0.2) is 29.2 Å². The zero-order chi connectivity index (χ0) is 23.1. The van der Waals surface area contributed by atoms with Crippen molar-refractivity contribution in [2.24, 2.45) is 5.73 Å². The van der Waals surface area contributed by atoms with Gasteiger partial charge in [-0.1, -0.05) is 30.5 Å². The van der Waals surface area contributed by atoms with E-state index in [9.17, 15) is 18.3 Å². The molecule has 0 saturated carbocycles. The average molecular weight is 455 g/mol. The van der Waals surface area contributed by atoms with Gasteiger partial charge in [-0.2, -0.15) is 0 Å². The molecule has 1 aromatic rings. The van der Waals surface area contributed by atoms with Crippen molar-refractivity contribution in [1.29, 1.82) is 0 Å². The molecule has 2 atom stereocenters. The largest absolute Gasteiger partial charge is 0.480 e. The van der Waals surface area contributed by atoms with Crippen molar-refractivity contribution >= 4 is 22.9 Å². The molecule has 0 spiro atoms. The fourth-order valence-electron chi connectivity index (χ4n) is 3.87. The number of sulfone groups is 1. The Bertz CT molecular complexity index is 821. The summed E-state index contributed by atoms with van der Waals surface area (Å²) >= 11 is 0. The SMILES string of the molecule is Cc1ccc(S(=O)(=O)C2CNCCN2CCCC(N)(CCCCB(O)O)C(=O)O)cc1. The first-order valence-electron chi connectivity index (χ1n) is 10.7. The molecule has 0 aromatic heterocycles. The van der Waals surface area contributed by atoms with Crippen molar-refractivity contribution in [3.05, 3.63) is 29.8 Å². The minimum absolute atomic E-state index is 0.176. The van der Waals surface area contributed by atoms with Gasteiger partial charge in [0.15, 0.2) is 9.84 Å². The summed E-state index contributed by atoms with van der Waals surface area (Å²) in [5, 5.41) is 29.8. The fourth-order valence-corrected chi connectivity index (χ4v) is 5.64. The lowest BCUT2D eigenvalue weighted by Crippen LogP contribution is -2.55. The Hall–Kier alpha value is -1.50. The van der Waals surface area contributed by atoms with Gasteiger partial charge >= 0.3 is 13.1 Å². The van der Waals surface area contributed by atoms with E-state index < -0.39 is 33.8 Å².